The summed E-state index contributed by atoms with van der Waals surface area (Å²) in [6.45, 7) is 11.2. The number of carbonyl (C=O) groups is 3. The third kappa shape index (κ3) is 9.44. The molecule has 1 fully saturated rings. The molecular weight excluding hydrogens is 744 g/mol. The lowest BCUT2D eigenvalue weighted by molar-refractivity contribution is -0.138. The van der Waals surface area contributed by atoms with E-state index in [1.165, 1.54) is 36.5 Å². The number of ether oxygens (including phenoxy) is 1. The highest BCUT2D eigenvalue weighted by molar-refractivity contribution is 6.05. The van der Waals surface area contributed by atoms with Crippen LogP contribution in [0.2, 0.25) is 0 Å². The molecule has 300 valence electrons. The van der Waals surface area contributed by atoms with Gasteiger partial charge < -0.3 is 25.3 Å². The van der Waals surface area contributed by atoms with Crippen molar-refractivity contribution in [3.8, 4) is 23.2 Å². The van der Waals surface area contributed by atoms with Crippen molar-refractivity contribution in [2.24, 2.45) is 7.05 Å². The minimum absolute atomic E-state index is 0.0184. The summed E-state index contributed by atoms with van der Waals surface area (Å²) < 4.78 is 65.4. The summed E-state index contributed by atoms with van der Waals surface area (Å²) in [7, 11) is 1.74. The first-order valence-corrected chi connectivity index (χ1v) is 18.5. The van der Waals surface area contributed by atoms with E-state index in [-0.39, 0.29) is 58.2 Å². The van der Waals surface area contributed by atoms with Gasteiger partial charge in [-0.25, -0.2) is 24.1 Å². The lowest BCUT2D eigenvalue weighted by Crippen LogP contribution is -2.45. The Hall–Kier alpha value is -5.79. The maximum atomic E-state index is 15.8. The van der Waals surface area contributed by atoms with Gasteiger partial charge in [0.15, 0.2) is 0 Å². The van der Waals surface area contributed by atoms with Crippen LogP contribution in [0.4, 0.5) is 34.0 Å². The number of halogens is 4. The van der Waals surface area contributed by atoms with E-state index >= 15 is 4.39 Å². The molecule has 4 aromatic rings. The third-order valence-corrected chi connectivity index (χ3v) is 9.84. The second-order valence-corrected chi connectivity index (χ2v) is 15.0. The highest BCUT2D eigenvalue weighted by Crippen LogP contribution is 2.35. The molecule has 0 radical (unpaired) electrons. The first-order chi connectivity index (χ1) is 26.9. The number of nitrogens with zero attached hydrogens (tertiary/aromatic N) is 6. The third-order valence-electron chi connectivity index (χ3n) is 9.84. The van der Waals surface area contributed by atoms with Crippen LogP contribution in [-0.2, 0) is 42.1 Å². The van der Waals surface area contributed by atoms with E-state index in [1.807, 2.05) is 11.8 Å². The Morgan fingerprint density at radius 3 is 2.35 bits per heavy atom. The summed E-state index contributed by atoms with van der Waals surface area (Å²) in [5, 5.41) is 2.48. The number of nitrogens with two attached hydrogens (primary N) is 1. The SMILES string of the molecule is CCN1CCN(Cc2ccc(NC(=O)Cc3cccc(C#Cc4cnc(N)nc4-c4cc5c(n4C)CCN(C(=O)OC(C)(C)C)C5=O)c3F)cc2C(F)(F)F)CC1. The number of benzene rings is 2. The van der Waals surface area contributed by atoms with Gasteiger partial charge in [-0.1, -0.05) is 37.0 Å². The van der Waals surface area contributed by atoms with Crippen LogP contribution in [0.3, 0.4) is 0 Å². The van der Waals surface area contributed by atoms with E-state index in [0.717, 1.165) is 30.6 Å². The van der Waals surface area contributed by atoms with E-state index in [9.17, 15) is 27.6 Å². The Morgan fingerprint density at radius 2 is 1.67 bits per heavy atom. The summed E-state index contributed by atoms with van der Waals surface area (Å²) in [4.78, 5) is 52.9. The number of aromatic nitrogens is 3. The first-order valence-electron chi connectivity index (χ1n) is 18.5. The fraction of sp³-hybridized carbons (Fsp3) is 0.390. The molecular formula is C41H44F4N8O4. The normalized spacial score (nSPS) is 15.2. The van der Waals surface area contributed by atoms with Crippen LogP contribution < -0.4 is 11.1 Å². The van der Waals surface area contributed by atoms with E-state index in [4.69, 9.17) is 10.5 Å². The smallest absolute Gasteiger partial charge is 0.417 e. The number of anilines is 2. The Morgan fingerprint density at radius 1 is 0.965 bits per heavy atom. The molecule has 3 N–H and O–H groups in total. The zero-order valence-corrected chi connectivity index (χ0v) is 32.4. The molecule has 4 heterocycles. The summed E-state index contributed by atoms with van der Waals surface area (Å²) >= 11 is 0. The zero-order valence-electron chi connectivity index (χ0n) is 32.4. The van der Waals surface area contributed by atoms with Crippen molar-refractivity contribution < 1.29 is 36.7 Å². The van der Waals surface area contributed by atoms with Crippen LogP contribution in [-0.4, -0.2) is 92.0 Å². The van der Waals surface area contributed by atoms with Crippen molar-refractivity contribution in [2.45, 2.75) is 58.9 Å². The number of nitrogen functional groups attached to an aromatic ring is 1. The average molecular weight is 789 g/mol. The second kappa shape index (κ2) is 16.4. The largest absolute Gasteiger partial charge is 0.443 e. The van der Waals surface area contributed by atoms with E-state index in [1.54, 1.807) is 38.5 Å². The van der Waals surface area contributed by atoms with Crippen molar-refractivity contribution in [3.05, 3.63) is 93.6 Å². The number of alkyl halides is 3. The van der Waals surface area contributed by atoms with Gasteiger partial charge in [-0.3, -0.25) is 14.5 Å². The Bertz CT molecular complexity index is 2260. The topological polar surface area (TPSA) is 139 Å². The van der Waals surface area contributed by atoms with Crippen molar-refractivity contribution in [3.63, 3.8) is 0 Å². The standard InChI is InChI=1S/C41H44F4N8O4/c1-6-51-16-18-52(19-17-51)24-28-12-13-29(21-31(28)41(43,44)45)48-34(54)20-26-9-7-8-25(35(26)42)10-11-27-23-47-38(46)49-36(27)33-22-30-32(50(33)5)14-15-53(37(30)55)39(56)57-40(2,3)4/h7-9,12-13,21-23H,6,14-20,24H2,1-5H3,(H,48,54)(H2,46,47,49). The van der Waals surface area contributed by atoms with Crippen LogP contribution >= 0.6 is 0 Å². The predicted octanol–water partition coefficient (Wildman–Crippen LogP) is 5.87. The highest BCUT2D eigenvalue weighted by Gasteiger charge is 2.36. The monoisotopic (exact) mass is 788 g/mol. The van der Waals surface area contributed by atoms with Gasteiger partial charge in [0.1, 0.15) is 17.1 Å². The van der Waals surface area contributed by atoms with Gasteiger partial charge in [0.25, 0.3) is 5.91 Å². The highest BCUT2D eigenvalue weighted by atomic mass is 19.4. The van der Waals surface area contributed by atoms with Crippen molar-refractivity contribution >= 4 is 29.5 Å². The lowest BCUT2D eigenvalue weighted by atomic mass is 10.0. The zero-order chi connectivity index (χ0) is 41.2. The van der Waals surface area contributed by atoms with Crippen LogP contribution in [0.5, 0.6) is 0 Å². The summed E-state index contributed by atoms with van der Waals surface area (Å²) in [5.74, 6) is 3.56. The molecule has 6 rings (SSSR count). The minimum atomic E-state index is -4.64. The number of imide groups is 1. The van der Waals surface area contributed by atoms with E-state index in [0.29, 0.717) is 30.9 Å². The number of piperazine rings is 1. The number of hydrogen-bond acceptors (Lipinski definition) is 9. The number of rotatable bonds is 7. The maximum Gasteiger partial charge on any atom is 0.417 e. The van der Waals surface area contributed by atoms with Crippen molar-refractivity contribution in [1.29, 1.82) is 0 Å². The molecule has 3 amide bonds. The van der Waals surface area contributed by atoms with Gasteiger partial charge in [-0.2, -0.15) is 13.2 Å². The maximum absolute atomic E-state index is 15.8. The fourth-order valence-corrected chi connectivity index (χ4v) is 6.88. The molecule has 0 bridgehead atoms. The van der Waals surface area contributed by atoms with Crippen molar-refractivity contribution in [2.75, 3.05) is 50.3 Å². The molecule has 2 aromatic carbocycles. The number of carbonyl (C=O) groups excluding carboxylic acids is 3. The summed E-state index contributed by atoms with van der Waals surface area (Å²) in [6.07, 6.45) is -4.13. The minimum Gasteiger partial charge on any atom is -0.443 e. The molecule has 0 atom stereocenters. The molecule has 57 heavy (non-hydrogen) atoms. The van der Waals surface area contributed by atoms with Crippen LogP contribution in [0.25, 0.3) is 11.4 Å². The van der Waals surface area contributed by atoms with Gasteiger partial charge in [0.2, 0.25) is 11.9 Å². The Balaban J connectivity index is 1.19. The number of nitrogens with one attached hydrogen (secondary N) is 1. The molecule has 0 aliphatic carbocycles. The van der Waals surface area contributed by atoms with Crippen molar-refractivity contribution in [1.82, 2.24) is 29.2 Å². The Kier molecular flexibility index (Phi) is 11.7. The number of amides is 3. The van der Waals surface area contributed by atoms with Gasteiger partial charge >= 0.3 is 12.3 Å². The van der Waals surface area contributed by atoms with Crippen LogP contribution in [0, 0.1) is 17.7 Å². The molecule has 2 aliphatic heterocycles. The van der Waals surface area contributed by atoms with Gasteiger partial charge in [0, 0.05) is 70.3 Å². The predicted molar refractivity (Wildman–Crippen MR) is 205 cm³/mol. The molecule has 2 aliphatic rings. The molecule has 1 saturated heterocycles. The molecule has 2 aromatic heterocycles. The molecule has 0 spiro atoms. The first kappa shape index (κ1) is 40.9. The number of likely N-dealkylation sites (N-methyl/N-ethyl adjacent to an activating group) is 1. The van der Waals surface area contributed by atoms with Crippen LogP contribution in [0.15, 0.2) is 48.7 Å². The van der Waals surface area contributed by atoms with Gasteiger partial charge in [0.05, 0.1) is 34.4 Å². The molecule has 12 nitrogen and oxygen atoms in total. The average Bonchev–Trinajstić information content (AvgIpc) is 3.48. The number of hydrogen-bond donors (Lipinski definition) is 2. The molecule has 0 unspecified atom stereocenters. The lowest BCUT2D eigenvalue weighted by Gasteiger charge is -2.34. The number of fused-ring (bicyclic) bond motifs is 1. The Labute approximate surface area is 328 Å². The summed E-state index contributed by atoms with van der Waals surface area (Å²) in [5.41, 5.74) is 6.23. The second-order valence-electron chi connectivity index (χ2n) is 15.0. The summed E-state index contributed by atoms with van der Waals surface area (Å²) in [6, 6.07) is 9.62. The van der Waals surface area contributed by atoms with Gasteiger partial charge in [-0.15, -0.1) is 0 Å². The quantitative estimate of drug-likeness (QED) is 0.174. The molecule has 16 heteroatoms. The fourth-order valence-electron chi connectivity index (χ4n) is 6.88. The van der Waals surface area contributed by atoms with E-state index in [2.05, 4.69) is 32.0 Å². The van der Waals surface area contributed by atoms with Gasteiger partial charge in [-0.05, 0) is 62.7 Å². The van der Waals surface area contributed by atoms with Crippen LogP contribution in [0.1, 0.15) is 71.6 Å². The molecule has 0 saturated carbocycles. The van der Waals surface area contributed by atoms with E-state index < -0.39 is 47.5 Å².